The smallest absolute Gasteiger partial charge is 0.348 e. The second-order valence-electron chi connectivity index (χ2n) is 6.99. The second-order valence-corrected chi connectivity index (χ2v) is 8.66. The number of anilines is 1. The molecule has 0 spiro atoms. The van der Waals surface area contributed by atoms with Crippen molar-refractivity contribution in [1.82, 2.24) is 10.2 Å². The van der Waals surface area contributed by atoms with E-state index in [9.17, 15) is 26.4 Å². The standard InChI is InChI=1S/C17H22F3N3O3S/c18-17(19,20)27(25,26)22-15-8-4-3-7-14(15)16(24)21-12-9-10-23(11-12)13-5-1-2-6-13/h3-4,7-8,12-13,22H,1-2,5-6,9-11H2,(H,21,24). The highest BCUT2D eigenvalue weighted by atomic mass is 32.2. The molecule has 1 saturated heterocycles. The van der Waals surface area contributed by atoms with Crippen LogP contribution in [-0.4, -0.2) is 49.9 Å². The minimum Gasteiger partial charge on any atom is -0.348 e. The molecule has 1 aliphatic heterocycles. The minimum atomic E-state index is -5.59. The number of para-hydroxylation sites is 1. The lowest BCUT2D eigenvalue weighted by Crippen LogP contribution is -2.39. The molecule has 1 aromatic rings. The van der Waals surface area contributed by atoms with Crippen LogP contribution in [0.2, 0.25) is 0 Å². The first-order chi connectivity index (χ1) is 12.7. The zero-order chi connectivity index (χ0) is 19.7. The number of alkyl halides is 3. The van der Waals surface area contributed by atoms with Gasteiger partial charge in [0, 0.05) is 25.2 Å². The van der Waals surface area contributed by atoms with Crippen LogP contribution < -0.4 is 10.0 Å². The van der Waals surface area contributed by atoms with Crippen LogP contribution in [0.15, 0.2) is 24.3 Å². The van der Waals surface area contributed by atoms with E-state index in [1.54, 1.807) is 0 Å². The summed E-state index contributed by atoms with van der Waals surface area (Å²) < 4.78 is 62.0. The molecule has 1 aliphatic carbocycles. The summed E-state index contributed by atoms with van der Waals surface area (Å²) in [5.74, 6) is -0.589. The van der Waals surface area contributed by atoms with Crippen molar-refractivity contribution in [3.8, 4) is 0 Å². The maximum atomic E-state index is 12.6. The number of hydrogen-bond donors (Lipinski definition) is 2. The molecule has 1 heterocycles. The van der Waals surface area contributed by atoms with E-state index < -0.39 is 27.1 Å². The fourth-order valence-corrected chi connectivity index (χ4v) is 4.33. The van der Waals surface area contributed by atoms with Gasteiger partial charge in [-0.2, -0.15) is 21.6 Å². The zero-order valence-corrected chi connectivity index (χ0v) is 15.4. The fourth-order valence-electron chi connectivity index (χ4n) is 3.74. The van der Waals surface area contributed by atoms with E-state index in [-0.39, 0.29) is 11.6 Å². The molecule has 2 aliphatic rings. The molecular weight excluding hydrogens is 383 g/mol. The average Bonchev–Trinajstić information content (AvgIpc) is 3.25. The fraction of sp³-hybridized carbons (Fsp3) is 0.588. The van der Waals surface area contributed by atoms with Gasteiger partial charge in [0.25, 0.3) is 5.91 Å². The highest BCUT2D eigenvalue weighted by molar-refractivity contribution is 7.93. The van der Waals surface area contributed by atoms with Gasteiger partial charge in [-0.1, -0.05) is 25.0 Å². The molecule has 1 amide bonds. The van der Waals surface area contributed by atoms with Crippen LogP contribution in [-0.2, 0) is 10.0 Å². The summed E-state index contributed by atoms with van der Waals surface area (Å²) in [7, 11) is -5.59. The van der Waals surface area contributed by atoms with E-state index in [2.05, 4.69) is 10.2 Å². The van der Waals surface area contributed by atoms with E-state index in [1.807, 2.05) is 0 Å². The molecule has 1 aromatic carbocycles. The summed E-state index contributed by atoms with van der Waals surface area (Å²) in [5, 5.41) is 2.82. The molecule has 150 valence electrons. The van der Waals surface area contributed by atoms with Crippen molar-refractivity contribution < 1.29 is 26.4 Å². The number of halogens is 3. The van der Waals surface area contributed by atoms with Gasteiger partial charge in [-0.15, -0.1) is 0 Å². The molecule has 1 unspecified atom stereocenters. The number of carbonyl (C=O) groups is 1. The third-order valence-electron chi connectivity index (χ3n) is 5.12. The van der Waals surface area contributed by atoms with Crippen molar-refractivity contribution in [2.24, 2.45) is 0 Å². The van der Waals surface area contributed by atoms with Gasteiger partial charge in [0.05, 0.1) is 11.3 Å². The molecule has 1 saturated carbocycles. The lowest BCUT2D eigenvalue weighted by atomic mass is 10.1. The molecule has 2 fully saturated rings. The number of rotatable bonds is 5. The van der Waals surface area contributed by atoms with Gasteiger partial charge in [0.2, 0.25) is 0 Å². The van der Waals surface area contributed by atoms with Crippen molar-refractivity contribution in [2.75, 3.05) is 17.8 Å². The number of benzene rings is 1. The number of sulfonamides is 1. The maximum absolute atomic E-state index is 12.6. The van der Waals surface area contributed by atoms with Gasteiger partial charge in [-0.05, 0) is 31.4 Å². The number of carbonyl (C=O) groups excluding carboxylic acids is 1. The summed E-state index contributed by atoms with van der Waals surface area (Å²) in [5.41, 5.74) is -5.98. The highest BCUT2D eigenvalue weighted by Gasteiger charge is 2.46. The number of nitrogens with zero attached hydrogens (tertiary/aromatic N) is 1. The van der Waals surface area contributed by atoms with E-state index in [1.165, 1.54) is 35.8 Å². The third kappa shape index (κ3) is 4.55. The van der Waals surface area contributed by atoms with Crippen molar-refractivity contribution in [2.45, 2.75) is 49.7 Å². The van der Waals surface area contributed by atoms with Crippen LogP contribution in [0.25, 0.3) is 0 Å². The molecular formula is C17H22F3N3O3S. The van der Waals surface area contributed by atoms with Crippen molar-refractivity contribution in [3.05, 3.63) is 29.8 Å². The maximum Gasteiger partial charge on any atom is 0.516 e. The molecule has 0 radical (unpaired) electrons. The largest absolute Gasteiger partial charge is 0.516 e. The van der Waals surface area contributed by atoms with Gasteiger partial charge in [-0.3, -0.25) is 14.4 Å². The van der Waals surface area contributed by atoms with Crippen molar-refractivity contribution in [3.63, 3.8) is 0 Å². The monoisotopic (exact) mass is 405 g/mol. The second kappa shape index (κ2) is 7.67. The Morgan fingerprint density at radius 1 is 1.11 bits per heavy atom. The van der Waals surface area contributed by atoms with Crippen LogP contribution >= 0.6 is 0 Å². The number of amides is 1. The van der Waals surface area contributed by atoms with Crippen LogP contribution in [0.1, 0.15) is 42.5 Å². The SMILES string of the molecule is O=C(NC1CCN(C2CCCC2)C1)c1ccccc1NS(=O)(=O)C(F)(F)F. The normalized spacial score (nSPS) is 22.1. The minimum absolute atomic E-state index is 0.106. The Bertz CT molecular complexity index is 792. The molecule has 6 nitrogen and oxygen atoms in total. The van der Waals surface area contributed by atoms with Gasteiger partial charge in [0.15, 0.2) is 0 Å². The van der Waals surface area contributed by atoms with Crippen LogP contribution in [0, 0.1) is 0 Å². The average molecular weight is 405 g/mol. The lowest BCUT2D eigenvalue weighted by molar-refractivity contribution is -0.0429. The molecule has 0 aromatic heterocycles. The van der Waals surface area contributed by atoms with E-state index in [4.69, 9.17) is 0 Å². The Morgan fingerprint density at radius 2 is 1.78 bits per heavy atom. The predicted molar refractivity (Wildman–Crippen MR) is 94.7 cm³/mol. The quantitative estimate of drug-likeness (QED) is 0.790. The van der Waals surface area contributed by atoms with Crippen molar-refractivity contribution >= 4 is 21.6 Å². The van der Waals surface area contributed by atoms with E-state index in [0.717, 1.165) is 31.9 Å². The first-order valence-electron chi connectivity index (χ1n) is 8.90. The van der Waals surface area contributed by atoms with E-state index >= 15 is 0 Å². The first kappa shape index (κ1) is 19.9. The topological polar surface area (TPSA) is 78.5 Å². The molecule has 2 N–H and O–H groups in total. The molecule has 0 bridgehead atoms. The number of hydrogen-bond acceptors (Lipinski definition) is 4. The van der Waals surface area contributed by atoms with Crippen LogP contribution in [0.5, 0.6) is 0 Å². The van der Waals surface area contributed by atoms with Gasteiger partial charge < -0.3 is 5.32 Å². The van der Waals surface area contributed by atoms with Gasteiger partial charge in [0.1, 0.15) is 0 Å². The summed E-state index contributed by atoms with van der Waals surface area (Å²) in [6, 6.07) is 5.70. The third-order valence-corrected chi connectivity index (χ3v) is 6.21. The molecule has 3 rings (SSSR count). The number of nitrogens with one attached hydrogen (secondary N) is 2. The number of likely N-dealkylation sites (tertiary alicyclic amines) is 1. The van der Waals surface area contributed by atoms with Crippen molar-refractivity contribution in [1.29, 1.82) is 0 Å². The molecule has 27 heavy (non-hydrogen) atoms. The molecule has 10 heteroatoms. The summed E-state index contributed by atoms with van der Waals surface area (Å²) in [4.78, 5) is 14.9. The highest BCUT2D eigenvalue weighted by Crippen LogP contribution is 2.28. The Labute approximate surface area is 156 Å². The van der Waals surface area contributed by atoms with Crippen LogP contribution in [0.3, 0.4) is 0 Å². The first-order valence-corrected chi connectivity index (χ1v) is 10.4. The summed E-state index contributed by atoms with van der Waals surface area (Å²) in [6.45, 7) is 1.57. The summed E-state index contributed by atoms with van der Waals surface area (Å²) in [6.07, 6.45) is 5.50. The Hall–Kier alpha value is -1.81. The predicted octanol–water partition coefficient (Wildman–Crippen LogP) is 2.69. The van der Waals surface area contributed by atoms with Gasteiger partial charge >= 0.3 is 15.5 Å². The Kier molecular flexibility index (Phi) is 5.66. The van der Waals surface area contributed by atoms with E-state index in [0.29, 0.717) is 12.6 Å². The summed E-state index contributed by atoms with van der Waals surface area (Å²) >= 11 is 0. The van der Waals surface area contributed by atoms with Gasteiger partial charge in [-0.25, -0.2) is 0 Å². The lowest BCUT2D eigenvalue weighted by Gasteiger charge is -2.23. The Balaban J connectivity index is 1.67. The van der Waals surface area contributed by atoms with Crippen LogP contribution in [0.4, 0.5) is 18.9 Å². The molecule has 1 atom stereocenters. The zero-order valence-electron chi connectivity index (χ0n) is 14.6. The Morgan fingerprint density at radius 3 is 2.44 bits per heavy atom.